The van der Waals surface area contributed by atoms with Crippen molar-refractivity contribution in [3.05, 3.63) is 46.3 Å². The SMILES string of the molecule is O=c1ccc2ncc(F)c3c2n1[C@@H](CN1CCC(NCc2cc4c(nn2)OCCO4)CC1)CO3. The van der Waals surface area contributed by atoms with Crippen LogP contribution in [-0.2, 0) is 6.54 Å². The molecule has 0 amide bonds. The van der Waals surface area contributed by atoms with Gasteiger partial charge in [0.25, 0.3) is 11.4 Å². The van der Waals surface area contributed by atoms with Gasteiger partial charge in [0.15, 0.2) is 17.3 Å². The van der Waals surface area contributed by atoms with E-state index in [9.17, 15) is 9.18 Å². The van der Waals surface area contributed by atoms with Gasteiger partial charge in [-0.25, -0.2) is 4.39 Å². The van der Waals surface area contributed by atoms with Crippen LogP contribution < -0.4 is 25.1 Å². The molecule has 6 rings (SSSR count). The molecule has 0 saturated carbocycles. The first-order valence-electron chi connectivity index (χ1n) is 11.6. The van der Waals surface area contributed by atoms with E-state index in [2.05, 4.69) is 25.4 Å². The zero-order valence-corrected chi connectivity index (χ0v) is 18.6. The molecular formula is C23H25FN6O4. The van der Waals surface area contributed by atoms with Crippen molar-refractivity contribution < 1.29 is 18.6 Å². The summed E-state index contributed by atoms with van der Waals surface area (Å²) in [6.45, 7) is 4.32. The Morgan fingerprint density at radius 3 is 2.85 bits per heavy atom. The molecule has 34 heavy (non-hydrogen) atoms. The molecule has 0 aliphatic carbocycles. The second kappa shape index (κ2) is 8.80. The Kier molecular flexibility index (Phi) is 5.50. The third-order valence-electron chi connectivity index (χ3n) is 6.62. The first kappa shape index (κ1) is 21.2. The van der Waals surface area contributed by atoms with Gasteiger partial charge in [0.1, 0.15) is 25.3 Å². The quantitative estimate of drug-likeness (QED) is 0.593. The van der Waals surface area contributed by atoms with E-state index in [0.717, 1.165) is 37.8 Å². The Bertz CT molecular complexity index is 1280. The smallest absolute Gasteiger partial charge is 0.276 e. The molecule has 0 spiro atoms. The molecule has 3 aromatic heterocycles. The molecule has 3 aliphatic heterocycles. The normalized spacial score (nSPS) is 20.3. The molecule has 3 aromatic rings. The van der Waals surface area contributed by atoms with E-state index < -0.39 is 5.82 Å². The van der Waals surface area contributed by atoms with Gasteiger partial charge in [0.05, 0.1) is 23.4 Å². The molecule has 0 aromatic carbocycles. The van der Waals surface area contributed by atoms with Crippen molar-refractivity contribution in [1.82, 2.24) is 30.0 Å². The Balaban J connectivity index is 1.07. The number of hydrogen-bond donors (Lipinski definition) is 1. The second-order valence-corrected chi connectivity index (χ2v) is 8.83. The molecular weight excluding hydrogens is 443 g/mol. The molecule has 1 fully saturated rings. The number of piperidine rings is 1. The topological polar surface area (TPSA) is 104 Å². The fourth-order valence-electron chi connectivity index (χ4n) is 4.91. The van der Waals surface area contributed by atoms with Gasteiger partial charge in [-0.1, -0.05) is 0 Å². The highest BCUT2D eigenvalue weighted by Gasteiger charge is 2.29. The van der Waals surface area contributed by atoms with Crippen LogP contribution in [-0.4, -0.2) is 70.1 Å². The fourth-order valence-corrected chi connectivity index (χ4v) is 4.91. The van der Waals surface area contributed by atoms with Crippen LogP contribution in [0.15, 0.2) is 29.2 Å². The van der Waals surface area contributed by atoms with Crippen LogP contribution in [0.25, 0.3) is 11.0 Å². The molecule has 3 aliphatic rings. The van der Waals surface area contributed by atoms with E-state index in [1.54, 1.807) is 10.6 Å². The minimum absolute atomic E-state index is 0.115. The number of pyridine rings is 2. The summed E-state index contributed by atoms with van der Waals surface area (Å²) in [5.41, 5.74) is 1.66. The van der Waals surface area contributed by atoms with Crippen molar-refractivity contribution in [2.75, 3.05) is 39.5 Å². The van der Waals surface area contributed by atoms with Gasteiger partial charge in [0, 0.05) is 31.3 Å². The van der Waals surface area contributed by atoms with Crippen LogP contribution in [0.2, 0.25) is 0 Å². The Labute approximate surface area is 194 Å². The summed E-state index contributed by atoms with van der Waals surface area (Å²) in [6, 6.07) is 5.16. The van der Waals surface area contributed by atoms with Crippen molar-refractivity contribution in [3.8, 4) is 17.4 Å². The number of rotatable bonds is 5. The number of halogens is 1. The molecule has 1 N–H and O–H groups in total. The standard InChI is InChI=1S/C23H25FN6O4/c24-17-11-26-18-1-2-20(31)30-16(13-34-22(17)21(18)30)12-29-5-3-14(4-6-29)25-10-15-9-19-23(28-27-15)33-8-7-32-19/h1-2,9,11,14,16,25H,3-8,10,12-13H2/t16-/m0/s1. The number of nitrogens with zero attached hydrogens (tertiary/aromatic N) is 5. The predicted octanol–water partition coefficient (Wildman–Crippen LogP) is 1.28. The molecule has 0 radical (unpaired) electrons. The third kappa shape index (κ3) is 3.94. The van der Waals surface area contributed by atoms with E-state index >= 15 is 0 Å². The van der Waals surface area contributed by atoms with Crippen molar-refractivity contribution in [3.63, 3.8) is 0 Å². The van der Waals surface area contributed by atoms with E-state index in [-0.39, 0.29) is 24.0 Å². The van der Waals surface area contributed by atoms with Gasteiger partial charge in [-0.15, -0.1) is 5.10 Å². The molecule has 1 saturated heterocycles. The van der Waals surface area contributed by atoms with Gasteiger partial charge in [-0.3, -0.25) is 14.3 Å². The van der Waals surface area contributed by atoms with Crippen LogP contribution in [0.3, 0.4) is 0 Å². The van der Waals surface area contributed by atoms with E-state index in [0.29, 0.717) is 55.0 Å². The van der Waals surface area contributed by atoms with E-state index in [4.69, 9.17) is 14.2 Å². The van der Waals surface area contributed by atoms with E-state index in [1.807, 2.05) is 6.07 Å². The lowest BCUT2D eigenvalue weighted by Gasteiger charge is -2.36. The number of fused-ring (bicyclic) bond motifs is 1. The molecule has 1 atom stereocenters. The number of hydrogen-bond acceptors (Lipinski definition) is 9. The zero-order chi connectivity index (χ0) is 23.1. The lowest BCUT2D eigenvalue weighted by molar-refractivity contribution is 0.137. The van der Waals surface area contributed by atoms with Crippen LogP contribution >= 0.6 is 0 Å². The molecule has 10 nitrogen and oxygen atoms in total. The maximum Gasteiger partial charge on any atom is 0.276 e. The average Bonchev–Trinajstić information content (AvgIpc) is 2.87. The van der Waals surface area contributed by atoms with Crippen molar-refractivity contribution >= 4 is 11.0 Å². The number of nitrogens with one attached hydrogen (secondary N) is 1. The summed E-state index contributed by atoms with van der Waals surface area (Å²) in [5.74, 6) is 0.666. The van der Waals surface area contributed by atoms with Gasteiger partial charge < -0.3 is 24.4 Å². The molecule has 6 heterocycles. The maximum atomic E-state index is 14.2. The highest BCUT2D eigenvalue weighted by Crippen LogP contribution is 2.33. The van der Waals surface area contributed by atoms with Crippen molar-refractivity contribution in [1.29, 1.82) is 0 Å². The third-order valence-corrected chi connectivity index (χ3v) is 6.62. The van der Waals surface area contributed by atoms with Gasteiger partial charge >= 0.3 is 0 Å². The number of aromatic nitrogens is 4. The van der Waals surface area contributed by atoms with E-state index in [1.165, 1.54) is 6.07 Å². The highest BCUT2D eigenvalue weighted by atomic mass is 19.1. The van der Waals surface area contributed by atoms with Gasteiger partial charge in [0.2, 0.25) is 0 Å². The molecule has 178 valence electrons. The summed E-state index contributed by atoms with van der Waals surface area (Å²) >= 11 is 0. The lowest BCUT2D eigenvalue weighted by atomic mass is 10.0. The van der Waals surface area contributed by atoms with Gasteiger partial charge in [-0.2, -0.15) is 5.10 Å². The zero-order valence-electron chi connectivity index (χ0n) is 18.6. The van der Waals surface area contributed by atoms with Crippen molar-refractivity contribution in [2.24, 2.45) is 0 Å². The Hall–Kier alpha value is -3.31. The fraction of sp³-hybridized carbons (Fsp3) is 0.478. The highest BCUT2D eigenvalue weighted by molar-refractivity contribution is 5.82. The summed E-state index contributed by atoms with van der Waals surface area (Å²) in [5, 5.41) is 11.9. The van der Waals surface area contributed by atoms with Crippen LogP contribution in [0.4, 0.5) is 4.39 Å². The first-order valence-corrected chi connectivity index (χ1v) is 11.6. The maximum absolute atomic E-state index is 14.2. The Morgan fingerprint density at radius 2 is 1.97 bits per heavy atom. The minimum Gasteiger partial charge on any atom is -0.486 e. The summed E-state index contributed by atoms with van der Waals surface area (Å²) in [6.07, 6.45) is 3.08. The number of ether oxygens (including phenoxy) is 3. The van der Waals surface area contributed by atoms with Crippen molar-refractivity contribution in [2.45, 2.75) is 31.5 Å². The molecule has 11 heteroatoms. The molecule has 0 unspecified atom stereocenters. The lowest BCUT2D eigenvalue weighted by Crippen LogP contribution is -2.46. The second-order valence-electron chi connectivity index (χ2n) is 8.83. The van der Waals surface area contributed by atoms with Crippen LogP contribution in [0.5, 0.6) is 17.4 Å². The minimum atomic E-state index is -0.542. The summed E-state index contributed by atoms with van der Waals surface area (Å²) < 4.78 is 32.6. The van der Waals surface area contributed by atoms with Crippen LogP contribution in [0, 0.1) is 5.82 Å². The van der Waals surface area contributed by atoms with Crippen LogP contribution in [0.1, 0.15) is 24.6 Å². The summed E-state index contributed by atoms with van der Waals surface area (Å²) in [7, 11) is 0. The Morgan fingerprint density at radius 1 is 1.12 bits per heavy atom. The predicted molar refractivity (Wildman–Crippen MR) is 120 cm³/mol. The monoisotopic (exact) mass is 468 g/mol. The first-order chi connectivity index (χ1) is 16.7. The largest absolute Gasteiger partial charge is 0.486 e. The summed E-state index contributed by atoms with van der Waals surface area (Å²) in [4.78, 5) is 19.1. The average molecular weight is 468 g/mol. The number of likely N-dealkylation sites (tertiary alicyclic amines) is 1. The molecule has 0 bridgehead atoms. The van der Waals surface area contributed by atoms with Gasteiger partial charge in [-0.05, 0) is 32.0 Å².